The lowest BCUT2D eigenvalue weighted by molar-refractivity contribution is 0.00848. The number of hydrogen-bond acceptors (Lipinski definition) is 2. The second-order valence-electron chi connectivity index (χ2n) is 5.96. The summed E-state index contributed by atoms with van der Waals surface area (Å²) < 4.78 is 19.2. The molecule has 1 aliphatic carbocycles. The predicted molar refractivity (Wildman–Crippen MR) is 73.7 cm³/mol. The van der Waals surface area contributed by atoms with E-state index < -0.39 is 0 Å². The third-order valence-corrected chi connectivity index (χ3v) is 4.44. The van der Waals surface area contributed by atoms with Gasteiger partial charge in [0.1, 0.15) is 5.82 Å². The highest BCUT2D eigenvalue weighted by atomic mass is 19.1. The molecule has 1 saturated heterocycles. The van der Waals surface area contributed by atoms with Gasteiger partial charge in [-0.15, -0.1) is 0 Å². The van der Waals surface area contributed by atoms with Crippen LogP contribution in [0.1, 0.15) is 44.1 Å². The molecular formula is C16H22FNO. The fourth-order valence-electron chi connectivity index (χ4n) is 3.30. The molecule has 1 heterocycles. The minimum Gasteiger partial charge on any atom is -0.378 e. The average Bonchev–Trinajstić information content (AvgIpc) is 2.35. The molecule has 1 aliphatic heterocycles. The van der Waals surface area contributed by atoms with Crippen molar-refractivity contribution in [2.24, 2.45) is 0 Å². The standard InChI is InChI=1S/C16H22FNO/c1-11-8-13(6-7-19-11)18-14-9-12(10-14)15-4-2-3-5-16(15)17/h2-5,11-14,18H,6-10H2,1H3. The summed E-state index contributed by atoms with van der Waals surface area (Å²) in [4.78, 5) is 0. The van der Waals surface area contributed by atoms with Crippen LogP contribution in [0.5, 0.6) is 0 Å². The predicted octanol–water partition coefficient (Wildman–Crippen LogP) is 3.23. The van der Waals surface area contributed by atoms with Gasteiger partial charge in [0.2, 0.25) is 0 Å². The Balaban J connectivity index is 1.49. The van der Waals surface area contributed by atoms with Crippen LogP contribution in [0.2, 0.25) is 0 Å². The van der Waals surface area contributed by atoms with Gasteiger partial charge in [0.15, 0.2) is 0 Å². The zero-order valence-corrected chi connectivity index (χ0v) is 11.4. The normalized spacial score (nSPS) is 34.8. The quantitative estimate of drug-likeness (QED) is 0.904. The maximum absolute atomic E-state index is 13.7. The van der Waals surface area contributed by atoms with Crippen LogP contribution in [-0.2, 0) is 4.74 Å². The molecule has 0 radical (unpaired) electrons. The van der Waals surface area contributed by atoms with E-state index in [2.05, 4.69) is 12.2 Å². The first-order valence-electron chi connectivity index (χ1n) is 7.34. The van der Waals surface area contributed by atoms with Crippen molar-refractivity contribution in [3.63, 3.8) is 0 Å². The molecule has 1 aromatic carbocycles. The molecule has 2 unspecified atom stereocenters. The Bertz CT molecular complexity index is 431. The molecule has 1 aromatic rings. The van der Waals surface area contributed by atoms with Gasteiger partial charge < -0.3 is 10.1 Å². The Morgan fingerprint density at radius 3 is 2.68 bits per heavy atom. The van der Waals surface area contributed by atoms with Crippen molar-refractivity contribution in [1.29, 1.82) is 0 Å². The summed E-state index contributed by atoms with van der Waals surface area (Å²) in [6.45, 7) is 3.00. The molecule has 104 valence electrons. The van der Waals surface area contributed by atoms with Crippen molar-refractivity contribution in [3.8, 4) is 0 Å². The van der Waals surface area contributed by atoms with Crippen molar-refractivity contribution in [2.45, 2.75) is 56.7 Å². The van der Waals surface area contributed by atoms with Crippen molar-refractivity contribution >= 4 is 0 Å². The molecule has 0 spiro atoms. The van der Waals surface area contributed by atoms with Gasteiger partial charge in [0.05, 0.1) is 6.10 Å². The van der Waals surface area contributed by atoms with Crippen LogP contribution in [0.4, 0.5) is 4.39 Å². The molecular weight excluding hydrogens is 241 g/mol. The van der Waals surface area contributed by atoms with E-state index in [0.29, 0.717) is 24.1 Å². The lowest BCUT2D eigenvalue weighted by Crippen LogP contribution is -2.48. The maximum Gasteiger partial charge on any atom is 0.126 e. The van der Waals surface area contributed by atoms with Crippen LogP contribution in [0.3, 0.4) is 0 Å². The van der Waals surface area contributed by atoms with Gasteiger partial charge in [-0.2, -0.15) is 0 Å². The fraction of sp³-hybridized carbons (Fsp3) is 0.625. The second kappa shape index (κ2) is 5.59. The van der Waals surface area contributed by atoms with Gasteiger partial charge >= 0.3 is 0 Å². The molecule has 2 aliphatic rings. The van der Waals surface area contributed by atoms with E-state index in [9.17, 15) is 4.39 Å². The Labute approximate surface area is 114 Å². The van der Waals surface area contributed by atoms with E-state index in [-0.39, 0.29) is 5.82 Å². The van der Waals surface area contributed by atoms with E-state index in [1.807, 2.05) is 12.1 Å². The summed E-state index contributed by atoms with van der Waals surface area (Å²) in [5.41, 5.74) is 0.890. The first-order chi connectivity index (χ1) is 9.22. The summed E-state index contributed by atoms with van der Waals surface area (Å²) in [7, 11) is 0. The van der Waals surface area contributed by atoms with Crippen molar-refractivity contribution in [2.75, 3.05) is 6.61 Å². The van der Waals surface area contributed by atoms with Crippen LogP contribution < -0.4 is 5.32 Å². The molecule has 2 nitrogen and oxygen atoms in total. The molecule has 3 rings (SSSR count). The summed E-state index contributed by atoms with van der Waals surface area (Å²) in [5, 5.41) is 3.70. The number of ether oxygens (including phenoxy) is 1. The van der Waals surface area contributed by atoms with Gasteiger partial charge in [-0.25, -0.2) is 4.39 Å². The smallest absolute Gasteiger partial charge is 0.126 e. The summed E-state index contributed by atoms with van der Waals surface area (Å²) >= 11 is 0. The third-order valence-electron chi connectivity index (χ3n) is 4.44. The highest BCUT2D eigenvalue weighted by Crippen LogP contribution is 2.38. The highest BCUT2D eigenvalue weighted by Gasteiger charge is 2.33. The first kappa shape index (κ1) is 13.1. The van der Waals surface area contributed by atoms with E-state index in [1.54, 1.807) is 12.1 Å². The van der Waals surface area contributed by atoms with Gasteiger partial charge in [-0.3, -0.25) is 0 Å². The lowest BCUT2D eigenvalue weighted by Gasteiger charge is -2.40. The van der Waals surface area contributed by atoms with Gasteiger partial charge in [0, 0.05) is 18.7 Å². The highest BCUT2D eigenvalue weighted by molar-refractivity contribution is 5.24. The molecule has 1 saturated carbocycles. The summed E-state index contributed by atoms with van der Waals surface area (Å²) in [6.07, 6.45) is 4.69. The maximum atomic E-state index is 13.7. The molecule has 2 fully saturated rings. The van der Waals surface area contributed by atoms with Crippen molar-refractivity contribution in [1.82, 2.24) is 5.32 Å². The third kappa shape index (κ3) is 2.98. The monoisotopic (exact) mass is 263 g/mol. The number of nitrogens with one attached hydrogen (secondary N) is 1. The number of benzene rings is 1. The molecule has 0 bridgehead atoms. The molecule has 3 heteroatoms. The lowest BCUT2D eigenvalue weighted by atomic mass is 9.75. The number of halogens is 1. The van der Waals surface area contributed by atoms with E-state index >= 15 is 0 Å². The molecule has 0 aromatic heterocycles. The summed E-state index contributed by atoms with van der Waals surface area (Å²) in [5.74, 6) is 0.349. The van der Waals surface area contributed by atoms with E-state index in [4.69, 9.17) is 4.74 Å². The van der Waals surface area contributed by atoms with Crippen LogP contribution in [-0.4, -0.2) is 24.8 Å². The van der Waals surface area contributed by atoms with Crippen LogP contribution >= 0.6 is 0 Å². The molecule has 0 amide bonds. The minimum absolute atomic E-state index is 0.0503. The molecule has 2 atom stereocenters. The topological polar surface area (TPSA) is 21.3 Å². The van der Waals surface area contributed by atoms with E-state index in [0.717, 1.165) is 37.9 Å². The van der Waals surface area contributed by atoms with Gasteiger partial charge in [0.25, 0.3) is 0 Å². The minimum atomic E-state index is -0.0503. The average molecular weight is 263 g/mol. The Morgan fingerprint density at radius 2 is 1.95 bits per heavy atom. The zero-order chi connectivity index (χ0) is 13.2. The largest absolute Gasteiger partial charge is 0.378 e. The van der Waals surface area contributed by atoms with Gasteiger partial charge in [-0.1, -0.05) is 18.2 Å². The van der Waals surface area contributed by atoms with Crippen LogP contribution in [0.15, 0.2) is 24.3 Å². The van der Waals surface area contributed by atoms with Crippen molar-refractivity contribution in [3.05, 3.63) is 35.6 Å². The molecule has 19 heavy (non-hydrogen) atoms. The van der Waals surface area contributed by atoms with Crippen LogP contribution in [0.25, 0.3) is 0 Å². The number of rotatable bonds is 3. The second-order valence-corrected chi connectivity index (χ2v) is 5.96. The Kier molecular flexibility index (Phi) is 3.85. The Hall–Kier alpha value is -0.930. The molecule has 1 N–H and O–H groups in total. The number of hydrogen-bond donors (Lipinski definition) is 1. The first-order valence-corrected chi connectivity index (χ1v) is 7.34. The summed E-state index contributed by atoms with van der Waals surface area (Å²) in [6, 6.07) is 8.31. The van der Waals surface area contributed by atoms with Gasteiger partial charge in [-0.05, 0) is 50.2 Å². The fourth-order valence-corrected chi connectivity index (χ4v) is 3.30. The Morgan fingerprint density at radius 1 is 1.16 bits per heavy atom. The van der Waals surface area contributed by atoms with Crippen molar-refractivity contribution < 1.29 is 9.13 Å². The SMILES string of the molecule is CC1CC(NC2CC(c3ccccc3F)C2)CCO1. The van der Waals surface area contributed by atoms with E-state index in [1.165, 1.54) is 0 Å². The van der Waals surface area contributed by atoms with Crippen LogP contribution in [0, 0.1) is 5.82 Å². The zero-order valence-electron chi connectivity index (χ0n) is 11.4.